The Morgan fingerprint density at radius 1 is 1.16 bits per heavy atom. The number of hydrogen-bond acceptors (Lipinski definition) is 10. The average Bonchev–Trinajstić information content (AvgIpc) is 3.38. The monoisotopic (exact) mass is 626 g/mol. The zero-order chi connectivity index (χ0) is 31.5. The van der Waals surface area contributed by atoms with Gasteiger partial charge in [0, 0.05) is 18.9 Å². The topological polar surface area (TPSA) is 167 Å². The number of sulfonamides is 1. The smallest absolute Gasteiger partial charge is 0.511 e. The number of hydrazine groups is 1. The largest absolute Gasteiger partial charge is 0.569 e. The summed E-state index contributed by atoms with van der Waals surface area (Å²) >= 11 is 0. The number of benzene rings is 2. The Hall–Kier alpha value is -4.87. The highest BCUT2D eigenvalue weighted by molar-refractivity contribution is 7.90. The molecule has 230 valence electrons. The fourth-order valence-electron chi connectivity index (χ4n) is 3.88. The van der Waals surface area contributed by atoms with Gasteiger partial charge in [-0.25, -0.2) is 22.6 Å². The summed E-state index contributed by atoms with van der Waals surface area (Å²) in [6, 6.07) is 11.1. The first-order valence-corrected chi connectivity index (χ1v) is 13.9. The molecule has 2 heterocycles. The quantitative estimate of drug-likeness (QED) is 0.122. The zero-order valence-corrected chi connectivity index (χ0v) is 23.6. The standard InChI is InChI=1S/C25H25F3N6O8S/c1-15-4-6-17(7-5-15)21-14-22(25(26,27)28)29-33(21)18-8-10-19(11-9-18)43(38,39)30-23(35)20-12-13-32(20)34(37)31-42-16(2)41-24(36)40-3/h4-11,14,16,20H,12-13H2,1-3H3,(H,30,35)/b34-31+/t16?,20-/m0/s1. The van der Waals surface area contributed by atoms with E-state index < -0.39 is 46.3 Å². The van der Waals surface area contributed by atoms with E-state index in [1.165, 1.54) is 19.1 Å². The van der Waals surface area contributed by atoms with Crippen LogP contribution >= 0.6 is 0 Å². The number of nitrogens with one attached hydrogen (secondary N) is 1. The lowest BCUT2D eigenvalue weighted by Crippen LogP contribution is -2.59. The van der Waals surface area contributed by atoms with Crippen LogP contribution in [0, 0.1) is 12.1 Å². The van der Waals surface area contributed by atoms with Crippen molar-refractivity contribution in [1.29, 1.82) is 0 Å². The van der Waals surface area contributed by atoms with Crippen LogP contribution in [0.25, 0.3) is 16.9 Å². The molecule has 1 saturated heterocycles. The van der Waals surface area contributed by atoms with Gasteiger partial charge < -0.3 is 14.7 Å². The molecule has 1 N–H and O–H groups in total. The Morgan fingerprint density at radius 3 is 2.37 bits per heavy atom. The van der Waals surface area contributed by atoms with E-state index in [1.807, 2.05) is 11.6 Å². The number of rotatable bonds is 9. The van der Waals surface area contributed by atoms with E-state index in [4.69, 9.17) is 4.84 Å². The molecular formula is C25H25F3N6O8S. The summed E-state index contributed by atoms with van der Waals surface area (Å²) in [4.78, 5) is 28.0. The van der Waals surface area contributed by atoms with Crippen molar-refractivity contribution in [3.8, 4) is 16.9 Å². The van der Waals surface area contributed by atoms with Crippen LogP contribution in [0.1, 0.15) is 24.6 Å². The van der Waals surface area contributed by atoms with Crippen molar-refractivity contribution < 1.29 is 50.5 Å². The summed E-state index contributed by atoms with van der Waals surface area (Å²) in [7, 11) is -3.38. The van der Waals surface area contributed by atoms with E-state index >= 15 is 0 Å². The molecule has 0 spiro atoms. The number of aromatic nitrogens is 2. The molecule has 0 aliphatic carbocycles. The molecule has 0 radical (unpaired) electrons. The lowest BCUT2D eigenvalue weighted by molar-refractivity contribution is -0.730. The highest BCUT2D eigenvalue weighted by atomic mass is 32.2. The third kappa shape index (κ3) is 7.14. The third-order valence-corrected chi connectivity index (χ3v) is 7.54. The van der Waals surface area contributed by atoms with Crippen LogP contribution in [0.3, 0.4) is 0 Å². The highest BCUT2D eigenvalue weighted by Crippen LogP contribution is 2.33. The second kappa shape index (κ2) is 12.2. The van der Waals surface area contributed by atoms with Crippen LogP contribution < -0.4 is 4.72 Å². The Morgan fingerprint density at radius 2 is 1.81 bits per heavy atom. The van der Waals surface area contributed by atoms with Crippen LogP contribution in [0.15, 0.2) is 64.8 Å². The number of amides is 1. The SMILES string of the molecule is COC(=O)OC(C)O/N=[N+](/[O-])N1CC[C@H]1C(=O)NS(=O)(=O)c1ccc(-n2nc(C(F)(F)F)cc2-c2ccc(C)cc2)cc1. The van der Waals surface area contributed by atoms with Crippen molar-refractivity contribution in [2.24, 2.45) is 5.28 Å². The molecule has 1 fully saturated rings. The predicted octanol–water partition coefficient (Wildman–Crippen LogP) is 3.68. The number of carbonyl (C=O) groups excluding carboxylic acids is 2. The highest BCUT2D eigenvalue weighted by Gasteiger charge is 2.42. The number of nitrogens with zero attached hydrogens (tertiary/aromatic N) is 5. The van der Waals surface area contributed by atoms with Crippen LogP contribution in [-0.2, 0) is 35.3 Å². The predicted molar refractivity (Wildman–Crippen MR) is 139 cm³/mol. The van der Waals surface area contributed by atoms with Gasteiger partial charge in [-0.3, -0.25) is 9.63 Å². The first-order chi connectivity index (χ1) is 20.2. The molecule has 4 rings (SSSR count). The minimum Gasteiger partial charge on any atom is -0.569 e. The number of methoxy groups -OCH3 is 1. The van der Waals surface area contributed by atoms with Crippen molar-refractivity contribution in [1.82, 2.24) is 19.5 Å². The van der Waals surface area contributed by atoms with Crippen molar-refractivity contribution in [3.63, 3.8) is 0 Å². The van der Waals surface area contributed by atoms with E-state index in [1.54, 1.807) is 24.3 Å². The van der Waals surface area contributed by atoms with Gasteiger partial charge >= 0.3 is 12.3 Å². The molecule has 1 unspecified atom stereocenters. The lowest BCUT2D eigenvalue weighted by Gasteiger charge is -2.33. The van der Waals surface area contributed by atoms with Gasteiger partial charge in [-0.05, 0) is 37.3 Å². The lowest BCUT2D eigenvalue weighted by atomic mass is 10.1. The Bertz CT molecular complexity index is 1630. The van der Waals surface area contributed by atoms with Gasteiger partial charge in [0.1, 0.15) is 0 Å². The van der Waals surface area contributed by atoms with Crippen molar-refractivity contribution >= 4 is 22.1 Å². The van der Waals surface area contributed by atoms with E-state index in [-0.39, 0.29) is 34.2 Å². The summed E-state index contributed by atoms with van der Waals surface area (Å²) in [6.45, 7) is 3.12. The summed E-state index contributed by atoms with van der Waals surface area (Å²) < 4.78 is 78.0. The van der Waals surface area contributed by atoms with Gasteiger partial charge in [0.2, 0.25) is 5.28 Å². The normalized spacial score (nSPS) is 16.2. The Kier molecular flexibility index (Phi) is 8.79. The molecule has 1 aromatic heterocycles. The second-order valence-corrected chi connectivity index (χ2v) is 10.9. The van der Waals surface area contributed by atoms with Gasteiger partial charge in [0.15, 0.2) is 11.7 Å². The van der Waals surface area contributed by atoms with Gasteiger partial charge in [-0.1, -0.05) is 29.8 Å². The number of halogens is 3. The summed E-state index contributed by atoms with van der Waals surface area (Å²) in [6.07, 6.45) is -6.98. The molecule has 2 atom stereocenters. The Labute approximate surface area is 242 Å². The fraction of sp³-hybridized carbons (Fsp3) is 0.320. The molecule has 3 aromatic rings. The second-order valence-electron chi connectivity index (χ2n) is 9.20. The number of alkyl halides is 3. The molecule has 0 saturated carbocycles. The number of hydrogen-bond donors (Lipinski definition) is 1. The van der Waals surface area contributed by atoms with Crippen LogP contribution in [-0.4, -0.2) is 66.2 Å². The summed E-state index contributed by atoms with van der Waals surface area (Å²) in [5.41, 5.74) is 0.488. The maximum atomic E-state index is 13.5. The molecule has 18 heteroatoms. The van der Waals surface area contributed by atoms with Gasteiger partial charge in [0.25, 0.3) is 22.2 Å². The molecule has 0 bridgehead atoms. The van der Waals surface area contributed by atoms with E-state index in [9.17, 15) is 36.4 Å². The molecule has 43 heavy (non-hydrogen) atoms. The molecule has 1 aliphatic rings. The maximum absolute atomic E-state index is 13.5. The summed E-state index contributed by atoms with van der Waals surface area (Å²) in [5, 5.41) is 19.9. The van der Waals surface area contributed by atoms with Crippen molar-refractivity contribution in [2.45, 2.75) is 43.7 Å². The molecule has 14 nitrogen and oxygen atoms in total. The van der Waals surface area contributed by atoms with Crippen LogP contribution in [0.5, 0.6) is 0 Å². The van der Waals surface area contributed by atoms with Crippen LogP contribution in [0.2, 0.25) is 0 Å². The number of carbonyl (C=O) groups is 2. The number of ether oxygens (including phenoxy) is 2. The Balaban J connectivity index is 1.48. The van der Waals surface area contributed by atoms with Gasteiger partial charge in [-0.2, -0.15) is 18.3 Å². The fourth-order valence-corrected chi connectivity index (χ4v) is 4.89. The molecule has 2 aromatic carbocycles. The van der Waals surface area contributed by atoms with Crippen LogP contribution in [0.4, 0.5) is 18.0 Å². The minimum absolute atomic E-state index is 0.0442. The van der Waals surface area contributed by atoms with Gasteiger partial charge in [-0.15, -0.1) is 5.01 Å². The average molecular weight is 627 g/mol. The van der Waals surface area contributed by atoms with E-state index in [0.29, 0.717) is 5.56 Å². The molecule has 1 amide bonds. The van der Waals surface area contributed by atoms with Crippen molar-refractivity contribution in [3.05, 3.63) is 71.1 Å². The molecular weight excluding hydrogens is 601 g/mol. The maximum Gasteiger partial charge on any atom is 0.511 e. The minimum atomic E-state index is -4.72. The number of aryl methyl sites for hydroxylation is 1. The van der Waals surface area contributed by atoms with E-state index in [2.05, 4.69) is 19.8 Å². The van der Waals surface area contributed by atoms with Crippen molar-refractivity contribution in [2.75, 3.05) is 13.7 Å². The first-order valence-electron chi connectivity index (χ1n) is 12.5. The summed E-state index contributed by atoms with van der Waals surface area (Å²) in [5.74, 6) is -1.03. The molecule has 1 aliphatic heterocycles. The zero-order valence-electron chi connectivity index (χ0n) is 22.8. The van der Waals surface area contributed by atoms with E-state index in [0.717, 1.165) is 40.6 Å². The van der Waals surface area contributed by atoms with Gasteiger partial charge in [0.05, 0.1) is 34.9 Å². The third-order valence-electron chi connectivity index (χ3n) is 6.18. The first kappa shape index (κ1) is 31.1.